The summed E-state index contributed by atoms with van der Waals surface area (Å²) >= 11 is 4.87. The predicted molar refractivity (Wildman–Crippen MR) is 87.6 cm³/mol. The molecule has 108 valence electrons. The molecule has 0 fully saturated rings. The zero-order chi connectivity index (χ0) is 15.2. The molecule has 0 saturated heterocycles. The highest BCUT2D eigenvalue weighted by molar-refractivity contribution is 7.80. The second kappa shape index (κ2) is 6.85. The van der Waals surface area contributed by atoms with Gasteiger partial charge in [0.25, 0.3) is 5.91 Å². The number of thiocarbonyl (C=S) groups is 1. The summed E-state index contributed by atoms with van der Waals surface area (Å²) in [5.41, 5.74) is 8.03. The predicted octanol–water partition coefficient (Wildman–Crippen LogP) is 2.65. The number of benzene rings is 2. The van der Waals surface area contributed by atoms with Crippen molar-refractivity contribution in [2.24, 2.45) is 5.73 Å². The van der Waals surface area contributed by atoms with E-state index in [9.17, 15) is 4.79 Å². The fourth-order valence-electron chi connectivity index (χ4n) is 1.77. The molecule has 0 aliphatic carbocycles. The highest BCUT2D eigenvalue weighted by atomic mass is 32.1. The summed E-state index contributed by atoms with van der Waals surface area (Å²) < 4.78 is 5.43. The van der Waals surface area contributed by atoms with Gasteiger partial charge in [0.2, 0.25) is 0 Å². The molecule has 21 heavy (non-hydrogen) atoms. The molecule has 0 aromatic heterocycles. The van der Waals surface area contributed by atoms with E-state index < -0.39 is 0 Å². The number of hydrogen-bond donors (Lipinski definition) is 2. The number of nitrogens with one attached hydrogen (secondary N) is 1. The number of anilines is 1. The zero-order valence-electron chi connectivity index (χ0n) is 11.6. The molecule has 0 radical (unpaired) electrons. The summed E-state index contributed by atoms with van der Waals surface area (Å²) in [5, 5.41) is 2.74. The molecule has 2 rings (SSSR count). The van der Waals surface area contributed by atoms with Crippen LogP contribution < -0.4 is 15.8 Å². The highest BCUT2D eigenvalue weighted by Gasteiger charge is 2.04. The van der Waals surface area contributed by atoms with Crippen molar-refractivity contribution in [3.8, 4) is 5.75 Å². The van der Waals surface area contributed by atoms with Crippen LogP contribution >= 0.6 is 12.2 Å². The SMILES string of the molecule is Cc1cccc(OCC(=O)Nc2ccc(C(N)=S)cc2)c1. The van der Waals surface area contributed by atoms with Crippen molar-refractivity contribution >= 4 is 28.8 Å². The van der Waals surface area contributed by atoms with Crippen LogP contribution in [0.5, 0.6) is 5.75 Å². The van der Waals surface area contributed by atoms with Gasteiger partial charge in [0.15, 0.2) is 6.61 Å². The van der Waals surface area contributed by atoms with Crippen LogP contribution in [0.25, 0.3) is 0 Å². The minimum atomic E-state index is -0.223. The third-order valence-electron chi connectivity index (χ3n) is 2.81. The van der Waals surface area contributed by atoms with Crippen molar-refractivity contribution in [1.29, 1.82) is 0 Å². The topological polar surface area (TPSA) is 64.3 Å². The number of hydrogen-bond acceptors (Lipinski definition) is 3. The molecule has 1 amide bonds. The number of carbonyl (C=O) groups excluding carboxylic acids is 1. The molecule has 5 heteroatoms. The Labute approximate surface area is 128 Å². The van der Waals surface area contributed by atoms with Crippen LogP contribution in [-0.4, -0.2) is 17.5 Å². The Hall–Kier alpha value is -2.40. The second-order valence-electron chi connectivity index (χ2n) is 4.59. The summed E-state index contributed by atoms with van der Waals surface area (Å²) in [7, 11) is 0. The van der Waals surface area contributed by atoms with Gasteiger partial charge in [-0.15, -0.1) is 0 Å². The first-order valence-corrected chi connectivity index (χ1v) is 6.84. The van der Waals surface area contributed by atoms with Crippen molar-refractivity contribution in [2.45, 2.75) is 6.92 Å². The van der Waals surface area contributed by atoms with Gasteiger partial charge in [-0.05, 0) is 48.9 Å². The molecule has 4 nitrogen and oxygen atoms in total. The van der Waals surface area contributed by atoms with Crippen LogP contribution in [0.15, 0.2) is 48.5 Å². The molecule has 2 aromatic carbocycles. The van der Waals surface area contributed by atoms with Crippen molar-refractivity contribution in [1.82, 2.24) is 0 Å². The Morgan fingerprint density at radius 1 is 1.24 bits per heavy atom. The fraction of sp³-hybridized carbons (Fsp3) is 0.125. The van der Waals surface area contributed by atoms with E-state index in [0.29, 0.717) is 16.4 Å². The first kappa shape index (κ1) is 15.0. The maximum atomic E-state index is 11.8. The lowest BCUT2D eigenvalue weighted by Gasteiger charge is -2.08. The number of ether oxygens (including phenoxy) is 1. The molecule has 0 atom stereocenters. The van der Waals surface area contributed by atoms with E-state index in [1.165, 1.54) is 0 Å². The fourth-order valence-corrected chi connectivity index (χ4v) is 1.90. The Bertz CT molecular complexity index is 654. The number of amides is 1. The molecule has 0 bridgehead atoms. The van der Waals surface area contributed by atoms with Crippen molar-refractivity contribution < 1.29 is 9.53 Å². The molecule has 2 aromatic rings. The molecular formula is C16H16N2O2S. The van der Waals surface area contributed by atoms with Crippen LogP contribution in [0, 0.1) is 6.92 Å². The summed E-state index contributed by atoms with van der Waals surface area (Å²) in [4.78, 5) is 12.1. The molecule has 0 spiro atoms. The van der Waals surface area contributed by atoms with Crippen LogP contribution in [0.3, 0.4) is 0 Å². The maximum absolute atomic E-state index is 11.8. The normalized spacial score (nSPS) is 9.95. The summed E-state index contributed by atoms with van der Waals surface area (Å²) in [6, 6.07) is 14.6. The monoisotopic (exact) mass is 300 g/mol. The van der Waals surface area contributed by atoms with Crippen molar-refractivity contribution in [2.75, 3.05) is 11.9 Å². The Morgan fingerprint density at radius 3 is 2.57 bits per heavy atom. The van der Waals surface area contributed by atoms with E-state index in [-0.39, 0.29) is 12.5 Å². The molecule has 3 N–H and O–H groups in total. The van der Waals surface area contributed by atoms with E-state index >= 15 is 0 Å². The molecule has 0 heterocycles. The Morgan fingerprint density at radius 2 is 1.95 bits per heavy atom. The van der Waals surface area contributed by atoms with Crippen molar-refractivity contribution in [3.63, 3.8) is 0 Å². The molecule has 0 saturated carbocycles. The van der Waals surface area contributed by atoms with Gasteiger partial charge in [-0.1, -0.05) is 24.4 Å². The largest absolute Gasteiger partial charge is 0.484 e. The molecule has 0 aliphatic heterocycles. The smallest absolute Gasteiger partial charge is 0.262 e. The molecular weight excluding hydrogens is 284 g/mol. The third kappa shape index (κ3) is 4.57. The minimum absolute atomic E-state index is 0.0412. The Balaban J connectivity index is 1.88. The van der Waals surface area contributed by atoms with Gasteiger partial charge in [0.05, 0.1) is 0 Å². The number of aryl methyl sites for hydroxylation is 1. The lowest BCUT2D eigenvalue weighted by atomic mass is 10.2. The zero-order valence-corrected chi connectivity index (χ0v) is 12.4. The maximum Gasteiger partial charge on any atom is 0.262 e. The van der Waals surface area contributed by atoms with E-state index in [4.69, 9.17) is 22.7 Å². The van der Waals surface area contributed by atoms with Gasteiger partial charge >= 0.3 is 0 Å². The van der Waals surface area contributed by atoms with Gasteiger partial charge in [0, 0.05) is 11.3 Å². The van der Waals surface area contributed by atoms with Crippen LogP contribution in [-0.2, 0) is 4.79 Å². The number of carbonyl (C=O) groups is 1. The van der Waals surface area contributed by atoms with Gasteiger partial charge in [-0.2, -0.15) is 0 Å². The lowest BCUT2D eigenvalue weighted by molar-refractivity contribution is -0.118. The van der Waals surface area contributed by atoms with Gasteiger partial charge in [0.1, 0.15) is 10.7 Å². The van der Waals surface area contributed by atoms with E-state index in [2.05, 4.69) is 5.32 Å². The standard InChI is InChI=1S/C16H16N2O2S/c1-11-3-2-4-14(9-11)20-10-15(19)18-13-7-5-12(6-8-13)16(17)21/h2-9H,10H2,1H3,(H2,17,21)(H,18,19). The van der Waals surface area contributed by atoms with Crippen LogP contribution in [0.1, 0.15) is 11.1 Å². The molecule has 0 aliphatic rings. The van der Waals surface area contributed by atoms with Crippen LogP contribution in [0.4, 0.5) is 5.69 Å². The van der Waals surface area contributed by atoms with Gasteiger partial charge in [-0.25, -0.2) is 0 Å². The van der Waals surface area contributed by atoms with Gasteiger partial charge in [-0.3, -0.25) is 4.79 Å². The summed E-state index contributed by atoms with van der Waals surface area (Å²) in [6.45, 7) is 1.93. The summed E-state index contributed by atoms with van der Waals surface area (Å²) in [6.07, 6.45) is 0. The van der Waals surface area contributed by atoms with E-state index in [0.717, 1.165) is 11.1 Å². The third-order valence-corrected chi connectivity index (χ3v) is 3.05. The quantitative estimate of drug-likeness (QED) is 0.833. The van der Waals surface area contributed by atoms with E-state index in [1.807, 2.05) is 31.2 Å². The summed E-state index contributed by atoms with van der Waals surface area (Å²) in [5.74, 6) is 0.452. The first-order valence-electron chi connectivity index (χ1n) is 6.44. The van der Waals surface area contributed by atoms with Gasteiger partial charge < -0.3 is 15.8 Å². The lowest BCUT2D eigenvalue weighted by Crippen LogP contribution is -2.20. The first-order chi connectivity index (χ1) is 10.0. The Kier molecular flexibility index (Phi) is 4.90. The average molecular weight is 300 g/mol. The second-order valence-corrected chi connectivity index (χ2v) is 5.03. The number of rotatable bonds is 5. The average Bonchev–Trinajstić information content (AvgIpc) is 2.46. The minimum Gasteiger partial charge on any atom is -0.484 e. The molecule has 0 unspecified atom stereocenters. The van der Waals surface area contributed by atoms with Crippen molar-refractivity contribution in [3.05, 3.63) is 59.7 Å². The van der Waals surface area contributed by atoms with Crippen LogP contribution in [0.2, 0.25) is 0 Å². The number of nitrogens with two attached hydrogens (primary N) is 1. The van der Waals surface area contributed by atoms with E-state index in [1.54, 1.807) is 24.3 Å². The highest BCUT2D eigenvalue weighted by Crippen LogP contribution is 2.13.